The van der Waals surface area contributed by atoms with Gasteiger partial charge in [-0.25, -0.2) is 0 Å². The van der Waals surface area contributed by atoms with Crippen molar-refractivity contribution in [1.29, 1.82) is 0 Å². The number of hydrogen-bond donors (Lipinski definition) is 0. The molecule has 2 aliphatic rings. The Morgan fingerprint density at radius 1 is 1.23 bits per heavy atom. The van der Waals surface area contributed by atoms with Gasteiger partial charge in [-0.05, 0) is 55.8 Å². The normalized spacial score (nSPS) is 23.9. The lowest BCUT2D eigenvalue weighted by Crippen LogP contribution is -2.43. The number of benzene rings is 1. The molecule has 1 amide bonds. The van der Waals surface area contributed by atoms with Gasteiger partial charge in [0.05, 0.1) is 6.54 Å². The molecule has 0 radical (unpaired) electrons. The Bertz CT molecular complexity index is 526. The van der Waals surface area contributed by atoms with E-state index in [-0.39, 0.29) is 0 Å². The summed E-state index contributed by atoms with van der Waals surface area (Å²) in [4.78, 5) is 16.9. The van der Waals surface area contributed by atoms with Crippen molar-refractivity contribution in [3.8, 4) is 0 Å². The molecule has 2 heterocycles. The highest BCUT2D eigenvalue weighted by atomic mass is 35.5. The second kappa shape index (κ2) is 7.01. The van der Waals surface area contributed by atoms with E-state index >= 15 is 0 Å². The van der Waals surface area contributed by atoms with Crippen LogP contribution < -0.4 is 0 Å². The van der Waals surface area contributed by atoms with Gasteiger partial charge in [-0.2, -0.15) is 0 Å². The number of piperidine rings is 1. The van der Waals surface area contributed by atoms with Crippen molar-refractivity contribution in [1.82, 2.24) is 9.80 Å². The van der Waals surface area contributed by atoms with Crippen LogP contribution in [0.1, 0.15) is 44.2 Å². The topological polar surface area (TPSA) is 23.6 Å². The van der Waals surface area contributed by atoms with Crippen LogP contribution in [0.3, 0.4) is 0 Å². The summed E-state index contributed by atoms with van der Waals surface area (Å²) >= 11 is 6.12. The molecule has 22 heavy (non-hydrogen) atoms. The second-order valence-electron chi connectivity index (χ2n) is 6.75. The predicted octanol–water partition coefficient (Wildman–Crippen LogP) is 3.74. The molecule has 0 aromatic heterocycles. The molecule has 0 saturated carbocycles. The molecule has 0 bridgehead atoms. The third-order valence-corrected chi connectivity index (χ3v) is 5.31. The van der Waals surface area contributed by atoms with Gasteiger partial charge in [0.1, 0.15) is 0 Å². The molecule has 0 aliphatic carbocycles. The second-order valence-corrected chi connectivity index (χ2v) is 7.18. The molecule has 2 aliphatic heterocycles. The van der Waals surface area contributed by atoms with Crippen molar-refractivity contribution in [2.45, 2.75) is 38.6 Å². The number of carbonyl (C=O) groups is 1. The number of carbonyl (C=O) groups excluding carboxylic acids is 1. The number of halogens is 1. The van der Waals surface area contributed by atoms with Crippen LogP contribution in [-0.4, -0.2) is 41.9 Å². The van der Waals surface area contributed by atoms with Crippen LogP contribution >= 0.6 is 11.6 Å². The first-order valence-electron chi connectivity index (χ1n) is 8.41. The SMILES string of the molecule is CC1CCN(C(=O)CN2CCCC2c2cccc(Cl)c2)CC1. The zero-order chi connectivity index (χ0) is 15.5. The number of hydrogen-bond acceptors (Lipinski definition) is 2. The quantitative estimate of drug-likeness (QED) is 0.847. The average molecular weight is 321 g/mol. The predicted molar refractivity (Wildman–Crippen MR) is 90.0 cm³/mol. The van der Waals surface area contributed by atoms with Crippen molar-refractivity contribution < 1.29 is 4.79 Å². The molecule has 1 aromatic carbocycles. The molecule has 2 fully saturated rings. The fraction of sp³-hybridized carbons (Fsp3) is 0.611. The molecule has 120 valence electrons. The summed E-state index contributed by atoms with van der Waals surface area (Å²) in [6.07, 6.45) is 4.55. The summed E-state index contributed by atoms with van der Waals surface area (Å²) in [5.41, 5.74) is 1.24. The van der Waals surface area contributed by atoms with E-state index in [0.717, 1.165) is 56.3 Å². The van der Waals surface area contributed by atoms with Gasteiger partial charge >= 0.3 is 0 Å². The first-order chi connectivity index (χ1) is 10.6. The largest absolute Gasteiger partial charge is 0.342 e. The molecule has 1 atom stereocenters. The summed E-state index contributed by atoms with van der Waals surface area (Å²) in [5.74, 6) is 1.05. The molecular weight excluding hydrogens is 296 g/mol. The van der Waals surface area contributed by atoms with Crippen molar-refractivity contribution in [2.24, 2.45) is 5.92 Å². The molecule has 1 aromatic rings. The maximum atomic E-state index is 12.6. The van der Waals surface area contributed by atoms with Crippen LogP contribution in [0.25, 0.3) is 0 Å². The summed E-state index contributed by atoms with van der Waals surface area (Å²) in [5, 5.41) is 0.778. The van der Waals surface area contributed by atoms with E-state index in [1.54, 1.807) is 0 Å². The Morgan fingerprint density at radius 2 is 2.00 bits per heavy atom. The highest BCUT2D eigenvalue weighted by molar-refractivity contribution is 6.30. The first kappa shape index (κ1) is 15.8. The Hall–Kier alpha value is -1.06. The molecule has 0 N–H and O–H groups in total. The maximum Gasteiger partial charge on any atom is 0.236 e. The Kier molecular flexibility index (Phi) is 5.04. The summed E-state index contributed by atoms with van der Waals surface area (Å²) in [6.45, 7) is 5.68. The third kappa shape index (κ3) is 3.64. The van der Waals surface area contributed by atoms with Gasteiger partial charge in [-0.3, -0.25) is 9.69 Å². The lowest BCUT2D eigenvalue weighted by Gasteiger charge is -2.33. The Balaban J connectivity index is 1.62. The number of rotatable bonds is 3. The van der Waals surface area contributed by atoms with E-state index in [9.17, 15) is 4.79 Å². The van der Waals surface area contributed by atoms with Crippen LogP contribution in [0.4, 0.5) is 0 Å². The fourth-order valence-electron chi connectivity index (χ4n) is 3.64. The van der Waals surface area contributed by atoms with Crippen LogP contribution in [0, 0.1) is 5.92 Å². The minimum absolute atomic E-state index is 0.292. The lowest BCUT2D eigenvalue weighted by molar-refractivity contribution is -0.134. The van der Waals surface area contributed by atoms with E-state index in [2.05, 4.69) is 17.9 Å². The summed E-state index contributed by atoms with van der Waals surface area (Å²) < 4.78 is 0. The fourth-order valence-corrected chi connectivity index (χ4v) is 3.84. The van der Waals surface area contributed by atoms with Gasteiger partial charge in [0.25, 0.3) is 0 Å². The zero-order valence-corrected chi connectivity index (χ0v) is 14.1. The van der Waals surface area contributed by atoms with E-state index < -0.39 is 0 Å². The number of likely N-dealkylation sites (tertiary alicyclic amines) is 2. The standard InChI is InChI=1S/C18H25ClN2O/c1-14-7-10-20(11-8-14)18(22)13-21-9-3-6-17(21)15-4-2-5-16(19)12-15/h2,4-5,12,14,17H,3,6-11,13H2,1H3. The van der Waals surface area contributed by atoms with Crippen molar-refractivity contribution in [3.05, 3.63) is 34.9 Å². The van der Waals surface area contributed by atoms with Crippen LogP contribution in [0.2, 0.25) is 5.02 Å². The van der Waals surface area contributed by atoms with Gasteiger partial charge in [0, 0.05) is 24.2 Å². The van der Waals surface area contributed by atoms with Gasteiger partial charge in [-0.1, -0.05) is 30.7 Å². The van der Waals surface area contributed by atoms with E-state index in [1.165, 1.54) is 5.56 Å². The van der Waals surface area contributed by atoms with Gasteiger partial charge in [-0.15, -0.1) is 0 Å². The molecule has 3 nitrogen and oxygen atoms in total. The molecule has 2 saturated heterocycles. The highest BCUT2D eigenvalue weighted by Crippen LogP contribution is 2.33. The lowest BCUT2D eigenvalue weighted by atomic mass is 9.99. The van der Waals surface area contributed by atoms with Gasteiger partial charge < -0.3 is 4.90 Å². The highest BCUT2D eigenvalue weighted by Gasteiger charge is 2.29. The van der Waals surface area contributed by atoms with Crippen LogP contribution in [0.15, 0.2) is 24.3 Å². The van der Waals surface area contributed by atoms with Crippen LogP contribution in [0.5, 0.6) is 0 Å². The molecule has 1 unspecified atom stereocenters. The van der Waals surface area contributed by atoms with E-state index in [4.69, 9.17) is 11.6 Å². The Labute approximate surface area is 138 Å². The van der Waals surface area contributed by atoms with Crippen LogP contribution in [-0.2, 0) is 4.79 Å². The molecular formula is C18H25ClN2O. The summed E-state index contributed by atoms with van der Waals surface area (Å²) in [6, 6.07) is 8.41. The minimum atomic E-state index is 0.292. The first-order valence-corrected chi connectivity index (χ1v) is 8.78. The number of nitrogens with zero attached hydrogens (tertiary/aromatic N) is 2. The van der Waals surface area contributed by atoms with Crippen molar-refractivity contribution in [2.75, 3.05) is 26.2 Å². The smallest absolute Gasteiger partial charge is 0.236 e. The van der Waals surface area contributed by atoms with E-state index in [0.29, 0.717) is 18.5 Å². The van der Waals surface area contributed by atoms with Gasteiger partial charge in [0.15, 0.2) is 0 Å². The van der Waals surface area contributed by atoms with Gasteiger partial charge in [0.2, 0.25) is 5.91 Å². The van der Waals surface area contributed by atoms with Crippen molar-refractivity contribution >= 4 is 17.5 Å². The summed E-state index contributed by atoms with van der Waals surface area (Å²) in [7, 11) is 0. The minimum Gasteiger partial charge on any atom is -0.342 e. The zero-order valence-electron chi connectivity index (χ0n) is 13.3. The Morgan fingerprint density at radius 3 is 2.73 bits per heavy atom. The monoisotopic (exact) mass is 320 g/mol. The average Bonchev–Trinajstić information content (AvgIpc) is 2.96. The third-order valence-electron chi connectivity index (χ3n) is 5.07. The van der Waals surface area contributed by atoms with Crippen molar-refractivity contribution in [3.63, 3.8) is 0 Å². The molecule has 3 rings (SSSR count). The molecule has 0 spiro atoms. The van der Waals surface area contributed by atoms with E-state index in [1.807, 2.05) is 23.1 Å². The number of amides is 1. The maximum absolute atomic E-state index is 12.6. The molecule has 4 heteroatoms.